The van der Waals surface area contributed by atoms with Crippen LogP contribution in [0.2, 0.25) is 0 Å². The molecule has 10 heteroatoms. The van der Waals surface area contributed by atoms with E-state index in [4.69, 9.17) is 4.74 Å². The Kier molecular flexibility index (Phi) is 10.4. The second-order valence-electron chi connectivity index (χ2n) is 7.59. The summed E-state index contributed by atoms with van der Waals surface area (Å²) >= 11 is 1.05. The predicted octanol–water partition coefficient (Wildman–Crippen LogP) is 2.66. The molecule has 0 spiro atoms. The van der Waals surface area contributed by atoms with Gasteiger partial charge in [-0.25, -0.2) is 0 Å². The van der Waals surface area contributed by atoms with Gasteiger partial charge in [0.25, 0.3) is 0 Å². The minimum Gasteiger partial charge on any atom is -0.506 e. The third kappa shape index (κ3) is 6.92. The van der Waals surface area contributed by atoms with E-state index in [1.165, 1.54) is 11.1 Å². The van der Waals surface area contributed by atoms with Crippen molar-refractivity contribution in [1.29, 1.82) is 0 Å². The molecular formula is C22H29Cl2N3O4S. The zero-order valence-electron chi connectivity index (χ0n) is 17.6. The summed E-state index contributed by atoms with van der Waals surface area (Å²) in [4.78, 5) is 16.5. The minimum absolute atomic E-state index is 0. The van der Waals surface area contributed by atoms with Gasteiger partial charge in [0, 0.05) is 32.6 Å². The maximum absolute atomic E-state index is 11.6. The number of aromatic hydroxyl groups is 1. The van der Waals surface area contributed by atoms with Crippen LogP contribution in [0.5, 0.6) is 5.75 Å². The molecule has 0 aliphatic carbocycles. The van der Waals surface area contributed by atoms with E-state index in [1.807, 2.05) is 0 Å². The number of aromatic amines is 1. The molecule has 1 unspecified atom stereocenters. The average molecular weight is 502 g/mol. The molecule has 1 aromatic heterocycles. The SMILES string of the molecule is Cl.Cl.O=c1[nH]c2c(O)ccc(CC(O)NCCc3cccc(CN4CCOCC4)c3)c2s1. The predicted molar refractivity (Wildman–Crippen MR) is 133 cm³/mol. The number of nitrogens with one attached hydrogen (secondary N) is 2. The molecule has 7 nitrogen and oxygen atoms in total. The molecule has 2 heterocycles. The van der Waals surface area contributed by atoms with Gasteiger partial charge in [0.05, 0.1) is 17.9 Å². The average Bonchev–Trinajstić information content (AvgIpc) is 3.14. The molecule has 0 saturated carbocycles. The van der Waals surface area contributed by atoms with Gasteiger partial charge < -0.3 is 19.9 Å². The summed E-state index contributed by atoms with van der Waals surface area (Å²) in [6.45, 7) is 5.12. The lowest BCUT2D eigenvalue weighted by Crippen LogP contribution is -2.35. The van der Waals surface area contributed by atoms with Crippen molar-refractivity contribution in [1.82, 2.24) is 15.2 Å². The number of nitrogens with zero attached hydrogens (tertiary/aromatic N) is 1. The van der Waals surface area contributed by atoms with E-state index in [0.717, 1.165) is 56.2 Å². The molecule has 176 valence electrons. The number of phenolic OH excluding ortho intramolecular Hbond substituents is 1. The number of ether oxygens (including phenoxy) is 1. The second kappa shape index (κ2) is 12.6. The highest BCUT2D eigenvalue weighted by atomic mass is 35.5. The number of hydrogen-bond acceptors (Lipinski definition) is 7. The number of fused-ring (bicyclic) bond motifs is 1. The molecular weight excluding hydrogens is 473 g/mol. The Morgan fingerprint density at radius 2 is 1.91 bits per heavy atom. The molecule has 1 saturated heterocycles. The van der Waals surface area contributed by atoms with Crippen molar-refractivity contribution in [2.45, 2.75) is 25.6 Å². The lowest BCUT2D eigenvalue weighted by atomic mass is 10.1. The van der Waals surface area contributed by atoms with E-state index in [-0.39, 0.29) is 35.4 Å². The maximum atomic E-state index is 11.6. The standard InChI is InChI=1S/C22H27N3O4S.2ClH/c26-18-5-4-17(21-20(18)24-22(28)30-21)13-19(27)23-7-6-15-2-1-3-16(12-15)14-25-8-10-29-11-9-25;;/h1-5,12,19,23,26-27H,6-11,13-14H2,(H,24,28);2*1H. The molecule has 0 bridgehead atoms. The first kappa shape index (κ1) is 26.6. The zero-order valence-corrected chi connectivity index (χ0v) is 20.0. The number of thiazole rings is 1. The quantitative estimate of drug-likeness (QED) is 0.354. The van der Waals surface area contributed by atoms with Gasteiger partial charge in [-0.05, 0) is 29.2 Å². The number of aliphatic hydroxyl groups excluding tert-OH is 1. The van der Waals surface area contributed by atoms with Crippen molar-refractivity contribution in [2.24, 2.45) is 0 Å². The number of aliphatic hydroxyl groups is 1. The van der Waals surface area contributed by atoms with Gasteiger partial charge in [-0.2, -0.15) is 0 Å². The molecule has 1 atom stereocenters. The van der Waals surface area contributed by atoms with E-state index in [9.17, 15) is 15.0 Å². The van der Waals surface area contributed by atoms with Crippen LogP contribution in [0.4, 0.5) is 0 Å². The number of morpholine rings is 1. The van der Waals surface area contributed by atoms with Gasteiger partial charge in [0.15, 0.2) is 0 Å². The van der Waals surface area contributed by atoms with E-state index in [1.54, 1.807) is 12.1 Å². The van der Waals surface area contributed by atoms with Gasteiger partial charge in [0.1, 0.15) is 17.5 Å². The topological polar surface area (TPSA) is 97.8 Å². The fourth-order valence-corrected chi connectivity index (χ4v) is 4.68. The van der Waals surface area contributed by atoms with E-state index in [0.29, 0.717) is 23.2 Å². The summed E-state index contributed by atoms with van der Waals surface area (Å²) in [6.07, 6.45) is 0.449. The lowest BCUT2D eigenvalue weighted by Gasteiger charge is -2.26. The third-order valence-corrected chi connectivity index (χ3v) is 6.31. The number of aromatic nitrogens is 1. The van der Waals surface area contributed by atoms with Crippen LogP contribution in [0.1, 0.15) is 16.7 Å². The Labute approximate surface area is 203 Å². The number of halogens is 2. The number of phenols is 1. The lowest BCUT2D eigenvalue weighted by molar-refractivity contribution is 0.0342. The molecule has 1 aliphatic rings. The molecule has 1 fully saturated rings. The van der Waals surface area contributed by atoms with Gasteiger partial charge in [-0.1, -0.05) is 41.7 Å². The second-order valence-corrected chi connectivity index (χ2v) is 8.58. The Bertz CT molecular complexity index is 1050. The summed E-state index contributed by atoms with van der Waals surface area (Å²) < 4.78 is 6.10. The van der Waals surface area contributed by atoms with Gasteiger partial charge in [-0.3, -0.25) is 15.0 Å². The molecule has 1 aliphatic heterocycles. The fourth-order valence-electron chi connectivity index (χ4n) is 3.80. The molecule has 0 amide bonds. The molecule has 0 radical (unpaired) electrons. The van der Waals surface area contributed by atoms with Crippen molar-refractivity contribution >= 4 is 46.4 Å². The minimum atomic E-state index is -0.730. The smallest absolute Gasteiger partial charge is 0.305 e. The fraction of sp³-hybridized carbons (Fsp3) is 0.409. The number of rotatable bonds is 8. The first-order valence-corrected chi connectivity index (χ1v) is 11.0. The first-order valence-electron chi connectivity index (χ1n) is 10.2. The van der Waals surface area contributed by atoms with E-state index < -0.39 is 6.23 Å². The summed E-state index contributed by atoms with van der Waals surface area (Å²) in [5.74, 6) is 0.0477. The molecule has 2 aromatic carbocycles. The van der Waals surface area contributed by atoms with Crippen LogP contribution in [0.15, 0.2) is 41.2 Å². The van der Waals surface area contributed by atoms with Crippen molar-refractivity contribution in [2.75, 3.05) is 32.8 Å². The normalized spacial score (nSPS) is 15.2. The largest absolute Gasteiger partial charge is 0.506 e. The van der Waals surface area contributed by atoms with Crippen molar-refractivity contribution < 1.29 is 14.9 Å². The number of H-pyrrole nitrogens is 1. The molecule has 3 aromatic rings. The third-order valence-electron chi connectivity index (χ3n) is 5.35. The van der Waals surface area contributed by atoms with Crippen LogP contribution >= 0.6 is 36.2 Å². The van der Waals surface area contributed by atoms with E-state index >= 15 is 0 Å². The summed E-state index contributed by atoms with van der Waals surface area (Å²) in [7, 11) is 0. The zero-order chi connectivity index (χ0) is 20.9. The van der Waals surface area contributed by atoms with Gasteiger partial charge >= 0.3 is 4.87 Å². The van der Waals surface area contributed by atoms with Crippen molar-refractivity contribution in [3.05, 3.63) is 62.8 Å². The summed E-state index contributed by atoms with van der Waals surface area (Å²) in [6, 6.07) is 11.9. The highest BCUT2D eigenvalue weighted by Crippen LogP contribution is 2.28. The van der Waals surface area contributed by atoms with Crippen LogP contribution in [0, 0.1) is 0 Å². The monoisotopic (exact) mass is 501 g/mol. The maximum Gasteiger partial charge on any atom is 0.305 e. The Morgan fingerprint density at radius 1 is 1.16 bits per heavy atom. The number of benzene rings is 2. The Balaban J connectivity index is 0.00000181. The first-order chi connectivity index (χ1) is 14.6. The van der Waals surface area contributed by atoms with Gasteiger partial charge in [-0.15, -0.1) is 24.8 Å². The highest BCUT2D eigenvalue weighted by Gasteiger charge is 2.14. The van der Waals surface area contributed by atoms with Crippen LogP contribution < -0.4 is 10.2 Å². The van der Waals surface area contributed by atoms with Crippen LogP contribution in [-0.2, 0) is 24.1 Å². The Morgan fingerprint density at radius 3 is 2.69 bits per heavy atom. The molecule has 4 rings (SSSR count). The summed E-state index contributed by atoms with van der Waals surface area (Å²) in [5.41, 5.74) is 3.80. The number of hydrogen-bond donors (Lipinski definition) is 4. The highest BCUT2D eigenvalue weighted by molar-refractivity contribution is 7.16. The van der Waals surface area contributed by atoms with E-state index in [2.05, 4.69) is 39.5 Å². The molecule has 4 N–H and O–H groups in total. The van der Waals surface area contributed by atoms with Crippen molar-refractivity contribution in [3.63, 3.8) is 0 Å². The van der Waals surface area contributed by atoms with Crippen molar-refractivity contribution in [3.8, 4) is 5.75 Å². The molecule has 32 heavy (non-hydrogen) atoms. The Hall–Kier alpha value is -1.65. The van der Waals surface area contributed by atoms with Crippen LogP contribution in [0.25, 0.3) is 10.2 Å². The van der Waals surface area contributed by atoms with Gasteiger partial charge in [0.2, 0.25) is 0 Å². The van der Waals surface area contributed by atoms with Crippen LogP contribution in [0.3, 0.4) is 0 Å². The van der Waals surface area contributed by atoms with Crippen LogP contribution in [-0.4, -0.2) is 59.2 Å². The summed E-state index contributed by atoms with van der Waals surface area (Å²) in [5, 5.41) is 23.4.